The Labute approximate surface area is 83.0 Å². The molecule has 0 aromatic carbocycles. The molecule has 1 atom stereocenters. The Kier molecular flexibility index (Phi) is 3.91. The van der Waals surface area contributed by atoms with Gasteiger partial charge in [-0.2, -0.15) is 0 Å². The number of hydrogen-bond acceptors (Lipinski definition) is 3. The molecule has 1 aromatic rings. The Morgan fingerprint density at radius 3 is 2.79 bits per heavy atom. The summed E-state index contributed by atoms with van der Waals surface area (Å²) in [7, 11) is 1.69. The van der Waals surface area contributed by atoms with Gasteiger partial charge in [0.1, 0.15) is 0 Å². The van der Waals surface area contributed by atoms with Crippen molar-refractivity contribution >= 4 is 0 Å². The molecule has 80 valence electrons. The normalized spacial score (nSPS) is 13.1. The van der Waals surface area contributed by atoms with Crippen LogP contribution < -0.4 is 11.0 Å². The molecule has 0 aliphatic carbocycles. The highest BCUT2D eigenvalue weighted by Crippen LogP contribution is 1.88. The quantitative estimate of drug-likeness (QED) is 0.650. The van der Waals surface area contributed by atoms with Gasteiger partial charge in [-0.15, -0.1) is 0 Å². The van der Waals surface area contributed by atoms with Gasteiger partial charge >= 0.3 is 5.69 Å². The van der Waals surface area contributed by atoms with Gasteiger partial charge in [0.15, 0.2) is 0 Å². The Hall–Kier alpha value is -1.07. The standard InChI is InChI=1S/C9H17N3O2/c1-3-10-6-8(13)7-12-5-4-11(2)9(12)14/h4-5,8,10,13H,3,6-7H2,1-2H3. The second-order valence-corrected chi connectivity index (χ2v) is 3.31. The van der Waals surface area contributed by atoms with Crippen LogP contribution in [0.3, 0.4) is 0 Å². The molecule has 14 heavy (non-hydrogen) atoms. The van der Waals surface area contributed by atoms with E-state index in [0.717, 1.165) is 6.54 Å². The summed E-state index contributed by atoms with van der Waals surface area (Å²) in [6.45, 7) is 3.65. The third kappa shape index (κ3) is 2.71. The number of likely N-dealkylation sites (N-methyl/N-ethyl adjacent to an activating group) is 1. The number of aliphatic hydroxyl groups is 1. The molecule has 5 heteroatoms. The van der Waals surface area contributed by atoms with Crippen LogP contribution in [-0.2, 0) is 13.6 Å². The predicted molar refractivity (Wildman–Crippen MR) is 54.2 cm³/mol. The Bertz CT molecular complexity index is 329. The van der Waals surface area contributed by atoms with Crippen LogP contribution in [0.5, 0.6) is 0 Å². The molecule has 0 saturated carbocycles. The second-order valence-electron chi connectivity index (χ2n) is 3.31. The number of aliphatic hydroxyl groups excluding tert-OH is 1. The molecule has 0 amide bonds. The number of aromatic nitrogens is 2. The monoisotopic (exact) mass is 199 g/mol. The first-order valence-corrected chi connectivity index (χ1v) is 4.75. The van der Waals surface area contributed by atoms with Crippen LogP contribution in [0.2, 0.25) is 0 Å². The van der Waals surface area contributed by atoms with E-state index in [1.54, 1.807) is 19.4 Å². The van der Waals surface area contributed by atoms with Crippen molar-refractivity contribution in [2.75, 3.05) is 13.1 Å². The zero-order chi connectivity index (χ0) is 10.6. The minimum atomic E-state index is -0.518. The van der Waals surface area contributed by atoms with Crippen LogP contribution in [0, 0.1) is 0 Å². The summed E-state index contributed by atoms with van der Waals surface area (Å²) in [5.74, 6) is 0. The number of hydrogen-bond donors (Lipinski definition) is 2. The van der Waals surface area contributed by atoms with Crippen LogP contribution in [0.1, 0.15) is 6.92 Å². The van der Waals surface area contributed by atoms with Crippen LogP contribution in [-0.4, -0.2) is 33.4 Å². The molecule has 0 bridgehead atoms. The first-order chi connectivity index (χ1) is 6.65. The van der Waals surface area contributed by atoms with E-state index in [9.17, 15) is 9.90 Å². The van der Waals surface area contributed by atoms with E-state index in [2.05, 4.69) is 5.32 Å². The van der Waals surface area contributed by atoms with Crippen molar-refractivity contribution in [3.8, 4) is 0 Å². The SMILES string of the molecule is CCNCC(O)Cn1ccn(C)c1=O. The zero-order valence-corrected chi connectivity index (χ0v) is 8.60. The predicted octanol–water partition coefficient (Wildman–Crippen LogP) is -0.843. The number of nitrogens with one attached hydrogen (secondary N) is 1. The molecule has 0 fully saturated rings. The van der Waals surface area contributed by atoms with Gasteiger partial charge in [0.05, 0.1) is 12.6 Å². The smallest absolute Gasteiger partial charge is 0.327 e. The highest BCUT2D eigenvalue weighted by atomic mass is 16.3. The fraction of sp³-hybridized carbons (Fsp3) is 0.667. The van der Waals surface area contributed by atoms with Crippen molar-refractivity contribution in [3.05, 3.63) is 22.9 Å². The third-order valence-corrected chi connectivity index (χ3v) is 2.06. The molecule has 0 spiro atoms. The van der Waals surface area contributed by atoms with Gasteiger partial charge in [0.25, 0.3) is 0 Å². The molecule has 1 aromatic heterocycles. The van der Waals surface area contributed by atoms with Crippen molar-refractivity contribution in [2.24, 2.45) is 7.05 Å². The summed E-state index contributed by atoms with van der Waals surface area (Å²) in [5.41, 5.74) is -0.0967. The maximum Gasteiger partial charge on any atom is 0.327 e. The number of nitrogens with zero attached hydrogens (tertiary/aromatic N) is 2. The minimum Gasteiger partial charge on any atom is -0.390 e. The summed E-state index contributed by atoms with van der Waals surface area (Å²) >= 11 is 0. The van der Waals surface area contributed by atoms with Crippen molar-refractivity contribution in [2.45, 2.75) is 19.6 Å². The average Bonchev–Trinajstić information content (AvgIpc) is 2.46. The van der Waals surface area contributed by atoms with Crippen molar-refractivity contribution in [1.29, 1.82) is 0 Å². The maximum absolute atomic E-state index is 11.4. The Morgan fingerprint density at radius 1 is 1.57 bits per heavy atom. The third-order valence-electron chi connectivity index (χ3n) is 2.06. The molecule has 0 radical (unpaired) electrons. The lowest BCUT2D eigenvalue weighted by molar-refractivity contribution is 0.151. The molecule has 5 nitrogen and oxygen atoms in total. The largest absolute Gasteiger partial charge is 0.390 e. The summed E-state index contributed by atoms with van der Waals surface area (Å²) in [5, 5.41) is 12.6. The summed E-state index contributed by atoms with van der Waals surface area (Å²) < 4.78 is 2.99. The summed E-state index contributed by atoms with van der Waals surface area (Å²) in [4.78, 5) is 11.4. The lowest BCUT2D eigenvalue weighted by Gasteiger charge is -2.10. The molecule has 2 N–H and O–H groups in total. The summed E-state index contributed by atoms with van der Waals surface area (Å²) in [6, 6.07) is 0. The average molecular weight is 199 g/mol. The van der Waals surface area contributed by atoms with Crippen molar-refractivity contribution in [3.63, 3.8) is 0 Å². The Balaban J connectivity index is 2.52. The van der Waals surface area contributed by atoms with E-state index in [0.29, 0.717) is 13.1 Å². The van der Waals surface area contributed by atoms with Crippen LogP contribution in [0.25, 0.3) is 0 Å². The van der Waals surface area contributed by atoms with Gasteiger partial charge in [0.2, 0.25) is 0 Å². The van der Waals surface area contributed by atoms with Crippen LogP contribution >= 0.6 is 0 Å². The number of imidazole rings is 1. The fourth-order valence-corrected chi connectivity index (χ4v) is 1.25. The molecule has 0 aliphatic rings. The van der Waals surface area contributed by atoms with Gasteiger partial charge in [-0.1, -0.05) is 6.92 Å². The van der Waals surface area contributed by atoms with Crippen LogP contribution in [0.4, 0.5) is 0 Å². The van der Waals surface area contributed by atoms with Gasteiger partial charge in [-0.05, 0) is 6.54 Å². The highest BCUT2D eigenvalue weighted by Gasteiger charge is 2.06. The number of rotatable bonds is 5. The first-order valence-electron chi connectivity index (χ1n) is 4.75. The lowest BCUT2D eigenvalue weighted by atomic mass is 10.3. The van der Waals surface area contributed by atoms with Crippen molar-refractivity contribution < 1.29 is 5.11 Å². The topological polar surface area (TPSA) is 59.2 Å². The molecule has 0 saturated heterocycles. The van der Waals surface area contributed by atoms with E-state index >= 15 is 0 Å². The van der Waals surface area contributed by atoms with E-state index in [1.807, 2.05) is 6.92 Å². The van der Waals surface area contributed by atoms with Gasteiger partial charge in [-0.3, -0.25) is 4.57 Å². The van der Waals surface area contributed by atoms with E-state index in [1.165, 1.54) is 9.13 Å². The van der Waals surface area contributed by atoms with E-state index in [4.69, 9.17) is 0 Å². The first kappa shape index (κ1) is 11.0. The minimum absolute atomic E-state index is 0.0967. The second kappa shape index (κ2) is 4.97. The Morgan fingerprint density at radius 2 is 2.29 bits per heavy atom. The lowest BCUT2D eigenvalue weighted by Crippen LogP contribution is -2.33. The van der Waals surface area contributed by atoms with Crippen molar-refractivity contribution in [1.82, 2.24) is 14.5 Å². The number of aryl methyl sites for hydroxylation is 1. The highest BCUT2D eigenvalue weighted by molar-refractivity contribution is 4.80. The zero-order valence-electron chi connectivity index (χ0n) is 8.60. The molecule has 1 rings (SSSR count). The van der Waals surface area contributed by atoms with E-state index in [-0.39, 0.29) is 5.69 Å². The van der Waals surface area contributed by atoms with Gasteiger partial charge in [0, 0.05) is 26.0 Å². The summed E-state index contributed by atoms with van der Waals surface area (Å²) in [6.07, 6.45) is 2.84. The molecule has 1 unspecified atom stereocenters. The molecular formula is C9H17N3O2. The van der Waals surface area contributed by atoms with Crippen LogP contribution in [0.15, 0.2) is 17.2 Å². The molecular weight excluding hydrogens is 182 g/mol. The van der Waals surface area contributed by atoms with E-state index < -0.39 is 6.10 Å². The molecule has 0 aliphatic heterocycles. The van der Waals surface area contributed by atoms with Gasteiger partial charge < -0.3 is 15.0 Å². The maximum atomic E-state index is 11.4. The molecule has 1 heterocycles. The fourth-order valence-electron chi connectivity index (χ4n) is 1.25. The van der Waals surface area contributed by atoms with Gasteiger partial charge in [-0.25, -0.2) is 4.79 Å².